The number of para-hydroxylation sites is 2. The van der Waals surface area contributed by atoms with Crippen LogP contribution in [-0.2, 0) is 4.79 Å². The molecule has 0 spiro atoms. The Morgan fingerprint density at radius 2 is 1.73 bits per heavy atom. The Balaban J connectivity index is 1.66. The number of halogens is 1. The Hall–Kier alpha value is -2.20. The summed E-state index contributed by atoms with van der Waals surface area (Å²) in [6.45, 7) is 2.66. The fraction of sp³-hybridized carbons (Fsp3) is 0.235. The van der Waals surface area contributed by atoms with Gasteiger partial charge >= 0.3 is 0 Å². The third-order valence-electron chi connectivity index (χ3n) is 2.97. The number of carbonyl (C=O) groups excluding carboxylic acids is 1. The van der Waals surface area contributed by atoms with Crippen LogP contribution in [0.3, 0.4) is 0 Å². The molecule has 0 aliphatic heterocycles. The van der Waals surface area contributed by atoms with E-state index >= 15 is 0 Å². The molecule has 1 N–H and O–H groups in total. The van der Waals surface area contributed by atoms with Crippen LogP contribution < -0.4 is 14.8 Å². The molecule has 22 heavy (non-hydrogen) atoms. The summed E-state index contributed by atoms with van der Waals surface area (Å²) in [5.74, 6) is 1.13. The molecule has 0 saturated carbocycles. The molecule has 0 aliphatic carbocycles. The van der Waals surface area contributed by atoms with Crippen LogP contribution >= 0.6 is 11.6 Å². The van der Waals surface area contributed by atoms with Crippen LogP contribution in [0, 0.1) is 6.92 Å². The topological polar surface area (TPSA) is 47.6 Å². The average molecular weight is 320 g/mol. The molecule has 0 fully saturated rings. The van der Waals surface area contributed by atoms with Gasteiger partial charge in [-0.2, -0.15) is 0 Å². The molecule has 2 rings (SSSR count). The molecule has 4 nitrogen and oxygen atoms in total. The molecule has 1 amide bonds. The van der Waals surface area contributed by atoms with E-state index in [4.69, 9.17) is 21.1 Å². The molecule has 0 atom stereocenters. The van der Waals surface area contributed by atoms with Crippen LogP contribution in [0.4, 0.5) is 0 Å². The highest BCUT2D eigenvalue weighted by atomic mass is 35.5. The second-order valence-corrected chi connectivity index (χ2v) is 5.09. The SMILES string of the molecule is Cc1ccccc1OCC(=O)NCCOc1ccccc1Cl. The molecule has 0 radical (unpaired) electrons. The number of nitrogens with one attached hydrogen (secondary N) is 1. The van der Waals surface area contributed by atoms with Crippen molar-refractivity contribution in [3.05, 3.63) is 59.1 Å². The van der Waals surface area contributed by atoms with E-state index in [0.717, 1.165) is 5.56 Å². The average Bonchev–Trinajstić information content (AvgIpc) is 2.52. The predicted molar refractivity (Wildman–Crippen MR) is 86.6 cm³/mol. The number of amides is 1. The zero-order chi connectivity index (χ0) is 15.8. The molecule has 0 aromatic heterocycles. The number of ether oxygens (including phenoxy) is 2. The lowest BCUT2D eigenvalue weighted by atomic mass is 10.2. The zero-order valence-electron chi connectivity index (χ0n) is 12.3. The molecule has 116 valence electrons. The summed E-state index contributed by atoms with van der Waals surface area (Å²) in [5.41, 5.74) is 0.998. The van der Waals surface area contributed by atoms with Gasteiger partial charge in [0.1, 0.15) is 18.1 Å². The molecule has 0 aliphatic rings. The monoisotopic (exact) mass is 319 g/mol. The Morgan fingerprint density at radius 1 is 1.05 bits per heavy atom. The van der Waals surface area contributed by atoms with Gasteiger partial charge in [-0.25, -0.2) is 0 Å². The number of benzene rings is 2. The van der Waals surface area contributed by atoms with Crippen LogP contribution in [0.1, 0.15) is 5.56 Å². The summed E-state index contributed by atoms with van der Waals surface area (Å²) < 4.78 is 10.9. The number of hydrogen-bond acceptors (Lipinski definition) is 3. The number of aryl methyl sites for hydroxylation is 1. The molecular formula is C17H18ClNO3. The highest BCUT2D eigenvalue weighted by molar-refractivity contribution is 6.32. The third-order valence-corrected chi connectivity index (χ3v) is 3.28. The van der Waals surface area contributed by atoms with Gasteiger partial charge < -0.3 is 14.8 Å². The van der Waals surface area contributed by atoms with Crippen molar-refractivity contribution in [1.29, 1.82) is 0 Å². The molecule has 2 aromatic carbocycles. The van der Waals surface area contributed by atoms with E-state index in [2.05, 4.69) is 5.32 Å². The standard InChI is InChI=1S/C17H18ClNO3/c1-13-6-2-4-8-15(13)22-12-17(20)19-10-11-21-16-9-5-3-7-14(16)18/h2-9H,10-12H2,1H3,(H,19,20). The molecule has 0 heterocycles. The van der Waals surface area contributed by atoms with Crippen molar-refractivity contribution in [3.63, 3.8) is 0 Å². The molecule has 0 unspecified atom stereocenters. The number of hydrogen-bond donors (Lipinski definition) is 1. The van der Waals surface area contributed by atoms with Crippen LogP contribution in [0.2, 0.25) is 5.02 Å². The minimum atomic E-state index is -0.189. The minimum absolute atomic E-state index is 0.0169. The summed E-state index contributed by atoms with van der Waals surface area (Å²) in [6, 6.07) is 14.8. The normalized spacial score (nSPS) is 10.1. The lowest BCUT2D eigenvalue weighted by Gasteiger charge is -2.10. The first-order valence-corrected chi connectivity index (χ1v) is 7.37. The molecule has 0 saturated heterocycles. The highest BCUT2D eigenvalue weighted by Gasteiger charge is 2.04. The minimum Gasteiger partial charge on any atom is -0.490 e. The van der Waals surface area contributed by atoms with Crippen molar-refractivity contribution in [1.82, 2.24) is 5.32 Å². The summed E-state index contributed by atoms with van der Waals surface area (Å²) in [7, 11) is 0. The van der Waals surface area contributed by atoms with Crippen LogP contribution in [-0.4, -0.2) is 25.7 Å². The van der Waals surface area contributed by atoms with Gasteiger partial charge in [0.15, 0.2) is 6.61 Å². The van der Waals surface area contributed by atoms with Gasteiger partial charge in [-0.3, -0.25) is 4.79 Å². The summed E-state index contributed by atoms with van der Waals surface area (Å²) in [6.07, 6.45) is 0. The zero-order valence-corrected chi connectivity index (χ0v) is 13.1. The lowest BCUT2D eigenvalue weighted by molar-refractivity contribution is -0.123. The molecular weight excluding hydrogens is 302 g/mol. The van der Waals surface area contributed by atoms with Gasteiger partial charge in [-0.05, 0) is 30.7 Å². The van der Waals surface area contributed by atoms with Crippen LogP contribution in [0.15, 0.2) is 48.5 Å². The first-order chi connectivity index (χ1) is 10.7. The number of carbonyl (C=O) groups is 1. The largest absolute Gasteiger partial charge is 0.490 e. The van der Waals surface area contributed by atoms with E-state index < -0.39 is 0 Å². The van der Waals surface area contributed by atoms with Gasteiger partial charge in [0.2, 0.25) is 0 Å². The Kier molecular flexibility index (Phi) is 6.10. The van der Waals surface area contributed by atoms with Crippen LogP contribution in [0.25, 0.3) is 0 Å². The van der Waals surface area contributed by atoms with Crippen LogP contribution in [0.5, 0.6) is 11.5 Å². The van der Waals surface area contributed by atoms with Gasteiger partial charge in [-0.1, -0.05) is 41.9 Å². The van der Waals surface area contributed by atoms with E-state index in [9.17, 15) is 4.79 Å². The van der Waals surface area contributed by atoms with E-state index in [1.54, 1.807) is 12.1 Å². The maximum absolute atomic E-state index is 11.7. The van der Waals surface area contributed by atoms with E-state index in [-0.39, 0.29) is 12.5 Å². The quantitative estimate of drug-likeness (QED) is 0.797. The van der Waals surface area contributed by atoms with Crippen molar-refractivity contribution in [2.24, 2.45) is 0 Å². The molecule has 5 heteroatoms. The third kappa shape index (κ3) is 4.97. The Labute approximate surface area is 135 Å². The molecule has 0 bridgehead atoms. The first-order valence-electron chi connectivity index (χ1n) is 6.99. The van der Waals surface area contributed by atoms with E-state index in [0.29, 0.717) is 29.7 Å². The van der Waals surface area contributed by atoms with Gasteiger partial charge in [0, 0.05) is 0 Å². The second kappa shape index (κ2) is 8.29. The lowest BCUT2D eigenvalue weighted by Crippen LogP contribution is -2.32. The van der Waals surface area contributed by atoms with Crippen molar-refractivity contribution < 1.29 is 14.3 Å². The van der Waals surface area contributed by atoms with Crippen molar-refractivity contribution >= 4 is 17.5 Å². The summed E-state index contributed by atoms with van der Waals surface area (Å²) in [4.78, 5) is 11.7. The maximum atomic E-state index is 11.7. The fourth-order valence-electron chi connectivity index (χ4n) is 1.83. The smallest absolute Gasteiger partial charge is 0.258 e. The van der Waals surface area contributed by atoms with Crippen molar-refractivity contribution in [2.45, 2.75) is 6.92 Å². The van der Waals surface area contributed by atoms with Crippen molar-refractivity contribution in [3.8, 4) is 11.5 Å². The number of rotatable bonds is 7. The van der Waals surface area contributed by atoms with Gasteiger partial charge in [-0.15, -0.1) is 0 Å². The van der Waals surface area contributed by atoms with Gasteiger partial charge in [0.05, 0.1) is 11.6 Å². The predicted octanol–water partition coefficient (Wildman–Crippen LogP) is 3.22. The Bertz CT molecular complexity index is 631. The second-order valence-electron chi connectivity index (χ2n) is 4.68. The maximum Gasteiger partial charge on any atom is 0.258 e. The van der Waals surface area contributed by atoms with E-state index in [1.807, 2.05) is 43.3 Å². The summed E-state index contributed by atoms with van der Waals surface area (Å²) >= 11 is 5.97. The Morgan fingerprint density at radius 3 is 2.45 bits per heavy atom. The van der Waals surface area contributed by atoms with Gasteiger partial charge in [0.25, 0.3) is 5.91 Å². The first kappa shape index (κ1) is 16.2. The highest BCUT2D eigenvalue weighted by Crippen LogP contribution is 2.22. The summed E-state index contributed by atoms with van der Waals surface area (Å²) in [5, 5.41) is 3.28. The van der Waals surface area contributed by atoms with Crippen molar-refractivity contribution in [2.75, 3.05) is 19.8 Å². The fourth-order valence-corrected chi connectivity index (χ4v) is 2.02. The molecule has 2 aromatic rings. The van der Waals surface area contributed by atoms with E-state index in [1.165, 1.54) is 0 Å².